The fourth-order valence-electron chi connectivity index (χ4n) is 6.21. The van der Waals surface area contributed by atoms with E-state index in [0.717, 1.165) is 64.2 Å². The summed E-state index contributed by atoms with van der Waals surface area (Å²) in [4.78, 5) is 54.2. The van der Waals surface area contributed by atoms with E-state index in [2.05, 4.69) is 47.9 Å². The van der Waals surface area contributed by atoms with Crippen molar-refractivity contribution >= 4 is 27.6 Å². The Morgan fingerprint density at radius 2 is 1.08 bits per heavy atom. The molecule has 1 saturated carbocycles. The van der Waals surface area contributed by atoms with E-state index in [9.17, 15) is 49.1 Å². The van der Waals surface area contributed by atoms with Crippen molar-refractivity contribution in [1.29, 1.82) is 0 Å². The fraction of sp³-hybridized carbons (Fsp3) is 0.617. The van der Waals surface area contributed by atoms with Crippen molar-refractivity contribution in [3.63, 3.8) is 0 Å². The number of phosphoric acid groups is 2. The Hall–Kier alpha value is -3.12. The maximum absolute atomic E-state index is 13.0. The van der Waals surface area contributed by atoms with Gasteiger partial charge in [0.15, 0.2) is 6.10 Å². The van der Waals surface area contributed by atoms with Crippen LogP contribution in [0.5, 0.6) is 0 Å². The van der Waals surface area contributed by atoms with Crippen molar-refractivity contribution in [2.75, 3.05) is 13.2 Å². The quantitative estimate of drug-likeness (QED) is 0.0100. The van der Waals surface area contributed by atoms with Crippen molar-refractivity contribution in [1.82, 2.24) is 0 Å². The number of hydrogen-bond acceptors (Lipinski definition) is 14. The molecule has 8 N–H and O–H groups in total. The lowest BCUT2D eigenvalue weighted by Gasteiger charge is -2.43. The Balaban J connectivity index is 2.68. The molecule has 0 saturated heterocycles. The number of carbonyl (C=O) groups excluding carboxylic acids is 2. The van der Waals surface area contributed by atoms with Gasteiger partial charge in [0.25, 0.3) is 0 Å². The molecule has 0 aromatic carbocycles. The van der Waals surface area contributed by atoms with Crippen LogP contribution in [-0.4, -0.2) is 114 Å². The number of ether oxygens (including phenoxy) is 2. The standard InChI is InChI=1S/C47H76O17P2/c1-3-5-7-8-9-10-11-12-13-14-19-22-25-28-31-35-41(50)62-39(37-61-66(58,59)64-47-44(53)42(51)43(52)46(45(47)54)63-65(55,56)57)36-60-40(49)34-30-27-24-21-18-16-15-17-20-23-26-29-33-38(48)32-6-4-2/h5-7,9-10,12-13,15-16,20-21,23-24,26,29,32,38-39,42-48,51-54H,3-4,8,11,14,17-19,22,25,27-28,30-31,33-37H2,1-2H3,(H,58,59)(H2,55,56,57)/b7-5-,10-9-,13-12-,16-15-,23-20-,24-21-,29-26+,32-6-/t38?,39-,42?,43?,44?,45?,46-,47+/m1/s1. The maximum atomic E-state index is 13.0. The van der Waals surface area contributed by atoms with Crippen LogP contribution < -0.4 is 0 Å². The Morgan fingerprint density at radius 3 is 1.70 bits per heavy atom. The first-order valence-electron chi connectivity index (χ1n) is 22.9. The van der Waals surface area contributed by atoms with Gasteiger partial charge in [-0.2, -0.15) is 0 Å². The summed E-state index contributed by atoms with van der Waals surface area (Å²) >= 11 is 0. The zero-order valence-corrected chi connectivity index (χ0v) is 40.2. The van der Waals surface area contributed by atoms with E-state index in [-0.39, 0.29) is 12.8 Å². The molecule has 66 heavy (non-hydrogen) atoms. The Labute approximate surface area is 390 Å². The first-order chi connectivity index (χ1) is 31.5. The molecule has 1 aliphatic carbocycles. The normalized spacial score (nSPS) is 22.9. The van der Waals surface area contributed by atoms with Crippen LogP contribution in [0.3, 0.4) is 0 Å². The van der Waals surface area contributed by atoms with Crippen LogP contribution in [0.25, 0.3) is 0 Å². The van der Waals surface area contributed by atoms with Gasteiger partial charge in [-0.25, -0.2) is 9.13 Å². The second-order valence-corrected chi connectivity index (χ2v) is 18.2. The summed E-state index contributed by atoms with van der Waals surface area (Å²) in [6.45, 7) is 2.67. The zero-order chi connectivity index (χ0) is 49.1. The summed E-state index contributed by atoms with van der Waals surface area (Å²) in [5.74, 6) is -1.33. The highest BCUT2D eigenvalue weighted by Crippen LogP contribution is 2.49. The Morgan fingerprint density at radius 1 is 0.561 bits per heavy atom. The molecule has 1 fully saturated rings. The molecule has 0 aliphatic heterocycles. The van der Waals surface area contributed by atoms with E-state index in [1.807, 2.05) is 61.6 Å². The molecule has 0 bridgehead atoms. The van der Waals surface area contributed by atoms with Crippen LogP contribution in [0, 0.1) is 0 Å². The van der Waals surface area contributed by atoms with Gasteiger partial charge in [-0.1, -0.05) is 130 Å². The molecule has 1 rings (SSSR count). The van der Waals surface area contributed by atoms with E-state index >= 15 is 0 Å². The van der Waals surface area contributed by atoms with Gasteiger partial charge < -0.3 is 49.7 Å². The smallest absolute Gasteiger partial charge is 0.462 e. The second-order valence-electron chi connectivity index (χ2n) is 15.6. The van der Waals surface area contributed by atoms with Crippen LogP contribution >= 0.6 is 15.6 Å². The van der Waals surface area contributed by atoms with E-state index < -0.39 is 89.6 Å². The average molecular weight is 975 g/mol. The van der Waals surface area contributed by atoms with Crippen LogP contribution in [0.2, 0.25) is 0 Å². The molecule has 376 valence electrons. The highest BCUT2D eigenvalue weighted by Gasteiger charge is 2.54. The zero-order valence-electron chi connectivity index (χ0n) is 38.4. The van der Waals surface area contributed by atoms with E-state index in [1.54, 1.807) is 6.08 Å². The van der Waals surface area contributed by atoms with Crippen molar-refractivity contribution < 1.29 is 82.0 Å². The SMILES string of the molecule is CC/C=C\C/C=C\C/C=C\CCCCCCCC(=O)O[C@H](COC(=O)CCC/C=C\C/C=C\C/C=C\C=C\CC(O)/C=C\CC)COP(=O)(O)O[C@H]1C(O)C(O)C(O)[C@@H](OP(=O)(O)O)C1O. The molecule has 6 unspecified atom stereocenters. The summed E-state index contributed by atoms with van der Waals surface area (Å²) in [6, 6.07) is 0. The third kappa shape index (κ3) is 31.0. The molecule has 1 aliphatic rings. The lowest BCUT2D eigenvalue weighted by atomic mass is 9.85. The Bertz CT molecular complexity index is 1670. The van der Waals surface area contributed by atoms with Crippen LogP contribution in [0.4, 0.5) is 0 Å². The minimum Gasteiger partial charge on any atom is -0.462 e. The highest BCUT2D eigenvalue weighted by molar-refractivity contribution is 7.47. The summed E-state index contributed by atoms with van der Waals surface area (Å²) in [6.07, 6.45) is 28.6. The molecular weight excluding hydrogens is 898 g/mol. The van der Waals surface area contributed by atoms with Gasteiger partial charge in [0.2, 0.25) is 0 Å². The second kappa shape index (κ2) is 36.9. The number of esters is 2. The monoisotopic (exact) mass is 974 g/mol. The molecule has 0 heterocycles. The van der Waals surface area contributed by atoms with Crippen LogP contribution in [-0.2, 0) is 41.8 Å². The number of carbonyl (C=O) groups is 2. The number of rotatable bonds is 36. The number of unbranched alkanes of at least 4 members (excludes halogenated alkanes) is 6. The molecule has 0 aromatic rings. The molecule has 0 spiro atoms. The van der Waals surface area contributed by atoms with Gasteiger partial charge in [0.1, 0.15) is 43.2 Å². The van der Waals surface area contributed by atoms with E-state index in [4.69, 9.17) is 28.3 Å². The lowest BCUT2D eigenvalue weighted by Crippen LogP contribution is -2.64. The van der Waals surface area contributed by atoms with Gasteiger partial charge in [-0.3, -0.25) is 23.2 Å². The minimum atomic E-state index is -5.38. The predicted molar refractivity (Wildman–Crippen MR) is 251 cm³/mol. The lowest BCUT2D eigenvalue weighted by molar-refractivity contribution is -0.216. The molecular formula is C47H76O17P2. The molecule has 17 nitrogen and oxygen atoms in total. The first-order valence-corrected chi connectivity index (χ1v) is 25.9. The number of aliphatic hydroxyl groups is 5. The fourth-order valence-corrected chi connectivity index (χ4v) is 7.75. The average Bonchev–Trinajstić information content (AvgIpc) is 3.27. The Kier molecular flexibility index (Phi) is 34.0. The summed E-state index contributed by atoms with van der Waals surface area (Å²) in [5.41, 5.74) is 0. The third-order valence-corrected chi connectivity index (χ3v) is 11.2. The van der Waals surface area contributed by atoms with Gasteiger partial charge >= 0.3 is 27.6 Å². The van der Waals surface area contributed by atoms with Gasteiger partial charge in [-0.05, 0) is 77.0 Å². The molecule has 0 amide bonds. The summed E-state index contributed by atoms with van der Waals surface area (Å²) < 4.78 is 49.2. The maximum Gasteiger partial charge on any atom is 0.472 e. The summed E-state index contributed by atoms with van der Waals surface area (Å²) in [5, 5.41) is 51.0. The minimum absolute atomic E-state index is 0.00217. The number of aliphatic hydroxyl groups excluding tert-OH is 5. The van der Waals surface area contributed by atoms with E-state index in [1.165, 1.54) is 0 Å². The number of hydrogen-bond donors (Lipinski definition) is 8. The largest absolute Gasteiger partial charge is 0.472 e. The van der Waals surface area contributed by atoms with Gasteiger partial charge in [0.05, 0.1) is 12.7 Å². The van der Waals surface area contributed by atoms with E-state index in [0.29, 0.717) is 32.1 Å². The van der Waals surface area contributed by atoms with Crippen LogP contribution in [0.15, 0.2) is 97.2 Å². The third-order valence-electron chi connectivity index (χ3n) is 9.73. The van der Waals surface area contributed by atoms with Gasteiger partial charge in [-0.15, -0.1) is 0 Å². The predicted octanol–water partition coefficient (Wildman–Crippen LogP) is 7.36. The highest BCUT2D eigenvalue weighted by atomic mass is 31.2. The first kappa shape index (κ1) is 60.9. The van der Waals surface area contributed by atoms with Crippen molar-refractivity contribution in [2.24, 2.45) is 0 Å². The molecule has 19 heteroatoms. The number of allylic oxidation sites excluding steroid dienone is 14. The van der Waals surface area contributed by atoms with Crippen molar-refractivity contribution in [2.45, 2.75) is 172 Å². The summed E-state index contributed by atoms with van der Waals surface area (Å²) in [7, 11) is -10.7. The number of phosphoric ester groups is 2. The topological polar surface area (TPSA) is 276 Å². The van der Waals surface area contributed by atoms with Crippen molar-refractivity contribution in [3.8, 4) is 0 Å². The molecule has 0 aromatic heterocycles. The molecule has 9 atom stereocenters. The molecule has 0 radical (unpaired) electrons. The van der Waals surface area contributed by atoms with Crippen molar-refractivity contribution in [3.05, 3.63) is 97.2 Å². The van der Waals surface area contributed by atoms with Crippen LogP contribution in [0.1, 0.15) is 123 Å². The van der Waals surface area contributed by atoms with Gasteiger partial charge in [0, 0.05) is 12.8 Å².